The minimum atomic E-state index is -0.932. The molecule has 1 N–H and O–H groups in total. The van der Waals surface area contributed by atoms with Gasteiger partial charge in [-0.3, -0.25) is 4.79 Å². The molecule has 0 radical (unpaired) electrons. The van der Waals surface area contributed by atoms with Crippen molar-refractivity contribution >= 4 is 40.8 Å². The van der Waals surface area contributed by atoms with Crippen LogP contribution in [0.15, 0.2) is 30.4 Å². The van der Waals surface area contributed by atoms with Crippen LogP contribution in [-0.4, -0.2) is 18.0 Å². The SMILES string of the molecule is C/C=C/C(=O)OC(C)C(=O)Nc1cc(Cl)ccc1Cl. The lowest BCUT2D eigenvalue weighted by Gasteiger charge is -2.13. The molecule has 0 aliphatic heterocycles. The summed E-state index contributed by atoms with van der Waals surface area (Å²) in [4.78, 5) is 23.0. The second-order valence-corrected chi connectivity index (χ2v) is 4.54. The van der Waals surface area contributed by atoms with Crippen LogP contribution in [0, 0.1) is 0 Å². The van der Waals surface area contributed by atoms with Crippen LogP contribution < -0.4 is 5.32 Å². The summed E-state index contributed by atoms with van der Waals surface area (Å²) >= 11 is 11.7. The molecule has 0 fully saturated rings. The van der Waals surface area contributed by atoms with Crippen molar-refractivity contribution in [2.45, 2.75) is 20.0 Å². The van der Waals surface area contributed by atoms with E-state index in [1.165, 1.54) is 25.1 Å². The number of benzene rings is 1. The molecule has 0 saturated carbocycles. The number of esters is 1. The number of carbonyl (C=O) groups excluding carboxylic acids is 2. The Kier molecular flexibility index (Phi) is 5.86. The Morgan fingerprint density at radius 3 is 2.68 bits per heavy atom. The van der Waals surface area contributed by atoms with Crippen molar-refractivity contribution in [1.29, 1.82) is 0 Å². The highest BCUT2D eigenvalue weighted by molar-refractivity contribution is 6.35. The first-order valence-corrected chi connectivity index (χ1v) is 6.29. The Morgan fingerprint density at radius 2 is 2.05 bits per heavy atom. The van der Waals surface area contributed by atoms with E-state index in [1.807, 2.05) is 0 Å². The fraction of sp³-hybridized carbons (Fsp3) is 0.231. The standard InChI is InChI=1S/C13H13Cl2NO3/c1-3-4-12(17)19-8(2)13(18)16-11-7-9(14)5-6-10(11)15/h3-8H,1-2H3,(H,16,18)/b4-3+. The molecule has 6 heteroatoms. The number of ether oxygens (including phenoxy) is 1. The maximum Gasteiger partial charge on any atom is 0.331 e. The van der Waals surface area contributed by atoms with Crippen molar-refractivity contribution in [3.8, 4) is 0 Å². The highest BCUT2D eigenvalue weighted by atomic mass is 35.5. The van der Waals surface area contributed by atoms with E-state index in [1.54, 1.807) is 19.1 Å². The normalized spacial score (nSPS) is 12.2. The minimum absolute atomic E-state index is 0.352. The summed E-state index contributed by atoms with van der Waals surface area (Å²) in [6, 6.07) is 4.69. The quantitative estimate of drug-likeness (QED) is 0.684. The van der Waals surface area contributed by atoms with Crippen LogP contribution in [0.5, 0.6) is 0 Å². The Labute approximate surface area is 121 Å². The van der Waals surface area contributed by atoms with Crippen LogP contribution in [0.4, 0.5) is 5.69 Å². The fourth-order valence-corrected chi connectivity index (χ4v) is 1.57. The van der Waals surface area contributed by atoms with E-state index in [9.17, 15) is 9.59 Å². The molecule has 0 bridgehead atoms. The van der Waals surface area contributed by atoms with E-state index >= 15 is 0 Å². The first kappa shape index (κ1) is 15.5. The molecule has 102 valence electrons. The Hall–Kier alpha value is -1.52. The van der Waals surface area contributed by atoms with Crippen molar-refractivity contribution in [1.82, 2.24) is 0 Å². The fourth-order valence-electron chi connectivity index (χ4n) is 1.23. The van der Waals surface area contributed by atoms with Gasteiger partial charge in [0.05, 0.1) is 10.7 Å². The Bertz CT molecular complexity index is 515. The van der Waals surface area contributed by atoms with Gasteiger partial charge < -0.3 is 10.1 Å². The Balaban J connectivity index is 2.68. The zero-order valence-corrected chi connectivity index (χ0v) is 12.0. The summed E-state index contributed by atoms with van der Waals surface area (Å²) in [5.41, 5.74) is 0.369. The molecule has 1 aromatic carbocycles. The molecule has 0 saturated heterocycles. The van der Waals surface area contributed by atoms with Crippen LogP contribution in [0.3, 0.4) is 0 Å². The molecule has 0 aliphatic carbocycles. The molecule has 1 aromatic rings. The van der Waals surface area contributed by atoms with Gasteiger partial charge in [0.25, 0.3) is 5.91 Å². The van der Waals surface area contributed by atoms with Crippen LogP contribution in [0.25, 0.3) is 0 Å². The number of hydrogen-bond acceptors (Lipinski definition) is 3. The van der Waals surface area contributed by atoms with Gasteiger partial charge in [-0.05, 0) is 32.0 Å². The van der Waals surface area contributed by atoms with Gasteiger partial charge in [0, 0.05) is 11.1 Å². The minimum Gasteiger partial charge on any atom is -0.449 e. The number of anilines is 1. The van der Waals surface area contributed by atoms with Gasteiger partial charge in [-0.25, -0.2) is 4.79 Å². The molecule has 4 nitrogen and oxygen atoms in total. The topological polar surface area (TPSA) is 55.4 Å². The maximum atomic E-state index is 11.8. The Morgan fingerprint density at radius 1 is 1.37 bits per heavy atom. The lowest BCUT2D eigenvalue weighted by atomic mass is 10.3. The lowest BCUT2D eigenvalue weighted by molar-refractivity contribution is -0.148. The van der Waals surface area contributed by atoms with E-state index < -0.39 is 18.0 Å². The number of nitrogens with one attached hydrogen (secondary N) is 1. The molecule has 1 rings (SSSR count). The largest absolute Gasteiger partial charge is 0.449 e. The third-order valence-corrected chi connectivity index (χ3v) is 2.72. The molecule has 0 heterocycles. The predicted octanol–water partition coefficient (Wildman–Crippen LogP) is 3.44. The molecule has 1 amide bonds. The second kappa shape index (κ2) is 7.16. The third kappa shape index (κ3) is 4.93. The summed E-state index contributed by atoms with van der Waals surface area (Å²) in [6.07, 6.45) is 1.83. The second-order valence-electron chi connectivity index (χ2n) is 3.69. The molecule has 0 spiro atoms. The summed E-state index contributed by atoms with van der Waals surface area (Å²) in [5.74, 6) is -1.07. The monoisotopic (exact) mass is 301 g/mol. The lowest BCUT2D eigenvalue weighted by Crippen LogP contribution is -2.29. The number of rotatable bonds is 4. The summed E-state index contributed by atoms with van der Waals surface area (Å²) in [7, 11) is 0. The van der Waals surface area contributed by atoms with Crippen LogP contribution in [-0.2, 0) is 14.3 Å². The maximum absolute atomic E-state index is 11.8. The van der Waals surface area contributed by atoms with E-state index in [0.29, 0.717) is 15.7 Å². The van der Waals surface area contributed by atoms with Crippen molar-refractivity contribution in [2.24, 2.45) is 0 Å². The average molecular weight is 302 g/mol. The van der Waals surface area contributed by atoms with Crippen molar-refractivity contribution in [2.75, 3.05) is 5.32 Å². The van der Waals surface area contributed by atoms with E-state index in [2.05, 4.69) is 5.32 Å². The number of hydrogen-bond donors (Lipinski definition) is 1. The van der Waals surface area contributed by atoms with Gasteiger partial charge in [-0.15, -0.1) is 0 Å². The molecule has 1 atom stereocenters. The summed E-state index contributed by atoms with van der Waals surface area (Å²) in [6.45, 7) is 3.15. The van der Waals surface area contributed by atoms with E-state index in [-0.39, 0.29) is 0 Å². The zero-order valence-electron chi connectivity index (χ0n) is 10.4. The van der Waals surface area contributed by atoms with Crippen LogP contribution in [0.1, 0.15) is 13.8 Å². The van der Waals surface area contributed by atoms with Crippen molar-refractivity contribution in [3.63, 3.8) is 0 Å². The molecule has 0 aliphatic rings. The number of carbonyl (C=O) groups is 2. The van der Waals surface area contributed by atoms with Crippen LogP contribution >= 0.6 is 23.2 Å². The van der Waals surface area contributed by atoms with Crippen molar-refractivity contribution in [3.05, 3.63) is 40.4 Å². The molecule has 0 aromatic heterocycles. The highest BCUT2D eigenvalue weighted by Crippen LogP contribution is 2.25. The average Bonchev–Trinajstić information content (AvgIpc) is 2.34. The van der Waals surface area contributed by atoms with Gasteiger partial charge in [-0.1, -0.05) is 29.3 Å². The van der Waals surface area contributed by atoms with E-state index in [0.717, 1.165) is 0 Å². The van der Waals surface area contributed by atoms with Crippen LogP contribution in [0.2, 0.25) is 10.0 Å². The highest BCUT2D eigenvalue weighted by Gasteiger charge is 2.17. The summed E-state index contributed by atoms with van der Waals surface area (Å²) in [5, 5.41) is 3.34. The van der Waals surface area contributed by atoms with Gasteiger partial charge in [0.2, 0.25) is 0 Å². The molecular weight excluding hydrogens is 289 g/mol. The predicted molar refractivity (Wildman–Crippen MR) is 75.5 cm³/mol. The first-order chi connectivity index (χ1) is 8.93. The van der Waals surface area contributed by atoms with E-state index in [4.69, 9.17) is 27.9 Å². The van der Waals surface area contributed by atoms with Gasteiger partial charge >= 0.3 is 5.97 Å². The number of allylic oxidation sites excluding steroid dienone is 1. The third-order valence-electron chi connectivity index (χ3n) is 2.15. The zero-order chi connectivity index (χ0) is 14.4. The number of halogens is 2. The molecule has 19 heavy (non-hydrogen) atoms. The van der Waals surface area contributed by atoms with Gasteiger partial charge in [0.15, 0.2) is 6.10 Å². The smallest absolute Gasteiger partial charge is 0.331 e. The van der Waals surface area contributed by atoms with Gasteiger partial charge in [-0.2, -0.15) is 0 Å². The molecule has 1 unspecified atom stereocenters. The van der Waals surface area contributed by atoms with Crippen molar-refractivity contribution < 1.29 is 14.3 Å². The summed E-state index contributed by atoms with van der Waals surface area (Å²) < 4.78 is 4.88. The number of amides is 1. The molecular formula is C13H13Cl2NO3. The first-order valence-electron chi connectivity index (χ1n) is 5.53. The van der Waals surface area contributed by atoms with Gasteiger partial charge in [0.1, 0.15) is 0 Å².